The molecule has 6 rings (SSSR count). The van der Waals surface area contributed by atoms with Gasteiger partial charge in [-0.05, 0) is 55.5 Å². The Bertz CT molecular complexity index is 1630. The summed E-state index contributed by atoms with van der Waals surface area (Å²) in [6.07, 6.45) is 4.47. The van der Waals surface area contributed by atoms with Crippen LogP contribution < -0.4 is 15.0 Å². The lowest BCUT2D eigenvalue weighted by Gasteiger charge is -2.31. The number of carbonyl (C=O) groups is 1. The van der Waals surface area contributed by atoms with Crippen LogP contribution in [-0.4, -0.2) is 49.4 Å². The smallest absolute Gasteiger partial charge is 0.279 e. The first kappa shape index (κ1) is 28.6. The summed E-state index contributed by atoms with van der Waals surface area (Å²) in [7, 11) is -3.00. The molecule has 12 heteroatoms. The number of nitrogens with zero attached hydrogens (tertiary/aromatic N) is 3. The van der Waals surface area contributed by atoms with E-state index in [1.165, 1.54) is 17.4 Å². The highest BCUT2D eigenvalue weighted by atomic mass is 32.2. The number of hydrogen-bond donors (Lipinski definition) is 1. The number of ether oxygens (including phenoxy) is 1. The molecule has 2 heterocycles. The zero-order valence-electron chi connectivity index (χ0n) is 22.8. The molecule has 42 heavy (non-hydrogen) atoms. The monoisotopic (exact) mass is 612 g/mol. The second-order valence-corrected chi connectivity index (χ2v) is 14.5. The van der Waals surface area contributed by atoms with Gasteiger partial charge in [0.05, 0.1) is 28.1 Å². The molecule has 2 unspecified atom stereocenters. The molecule has 2 aliphatic carbocycles. The van der Waals surface area contributed by atoms with Crippen molar-refractivity contribution in [2.24, 2.45) is 5.92 Å². The van der Waals surface area contributed by atoms with Crippen molar-refractivity contribution >= 4 is 32.8 Å². The number of aromatic nitrogens is 1. The zero-order valence-corrected chi connectivity index (χ0v) is 24.4. The third-order valence-electron chi connectivity index (χ3n) is 8.34. The van der Waals surface area contributed by atoms with E-state index in [2.05, 4.69) is 11.4 Å². The molecule has 8 nitrogen and oxygen atoms in total. The predicted octanol–water partition coefficient (Wildman–Crippen LogP) is 5.56. The van der Waals surface area contributed by atoms with Gasteiger partial charge < -0.3 is 15.0 Å². The lowest BCUT2D eigenvalue weighted by Crippen LogP contribution is -2.42. The summed E-state index contributed by atoms with van der Waals surface area (Å²) in [6, 6.07) is 13.0. The lowest BCUT2D eigenvalue weighted by molar-refractivity contribution is -0.127. The lowest BCUT2D eigenvalue weighted by atomic mass is 9.76. The molecule has 0 bridgehead atoms. The van der Waals surface area contributed by atoms with Crippen molar-refractivity contribution in [2.45, 2.75) is 50.0 Å². The standard InChI is InChI=1S/C30H30F2N4O4S2/c31-20-7-10-25(24(32)17-20)40-29-34-26(22-3-1-2-4-23(22)28(37)35-30(18-33)11-12-30)27(41-29)19-5-8-21(9-6-19)36-13-15-42(38,39)16-14-36/h5-10,17,22-23H,1-4,11-16H2,(H,35,37). The Morgan fingerprint density at radius 2 is 1.81 bits per heavy atom. The fourth-order valence-electron chi connectivity index (χ4n) is 5.75. The molecular weight excluding hydrogens is 582 g/mol. The average Bonchev–Trinajstić information content (AvgIpc) is 3.63. The SMILES string of the molecule is N#CC1(NC(=O)C2CCCCC2c2nc(Oc3ccc(F)cc3F)sc2-c2ccc(N3CCS(=O)(=O)CC3)cc2)CC1. The number of sulfone groups is 1. The Hall–Kier alpha value is -3.56. The maximum Gasteiger partial charge on any atom is 0.279 e. The number of thiazole rings is 1. The molecule has 0 radical (unpaired) electrons. The molecule has 1 aliphatic heterocycles. The van der Waals surface area contributed by atoms with Gasteiger partial charge in [0.1, 0.15) is 11.4 Å². The summed E-state index contributed by atoms with van der Waals surface area (Å²) in [6.45, 7) is 0.857. The molecule has 220 valence electrons. The van der Waals surface area contributed by atoms with Crippen LogP contribution in [0.1, 0.15) is 50.1 Å². The Morgan fingerprint density at radius 3 is 2.48 bits per heavy atom. The minimum absolute atomic E-state index is 0.118. The molecule has 3 aromatic rings. The van der Waals surface area contributed by atoms with E-state index < -0.39 is 27.0 Å². The minimum atomic E-state index is -3.00. The first-order chi connectivity index (χ1) is 20.2. The number of nitriles is 1. The van der Waals surface area contributed by atoms with Gasteiger partial charge in [-0.25, -0.2) is 22.2 Å². The van der Waals surface area contributed by atoms with Crippen LogP contribution >= 0.6 is 11.3 Å². The van der Waals surface area contributed by atoms with Crippen molar-refractivity contribution in [2.75, 3.05) is 29.5 Å². The highest BCUT2D eigenvalue weighted by molar-refractivity contribution is 7.91. The summed E-state index contributed by atoms with van der Waals surface area (Å²) < 4.78 is 57.5. The number of nitrogens with one attached hydrogen (secondary N) is 1. The predicted molar refractivity (Wildman–Crippen MR) is 155 cm³/mol. The topological polar surface area (TPSA) is 112 Å². The van der Waals surface area contributed by atoms with Gasteiger partial charge in [0.2, 0.25) is 5.91 Å². The van der Waals surface area contributed by atoms with Gasteiger partial charge in [-0.15, -0.1) is 0 Å². The van der Waals surface area contributed by atoms with E-state index in [-0.39, 0.29) is 40.2 Å². The second kappa shape index (κ2) is 11.3. The zero-order chi connectivity index (χ0) is 29.5. The van der Waals surface area contributed by atoms with Gasteiger partial charge in [0.25, 0.3) is 5.19 Å². The number of carbonyl (C=O) groups excluding carboxylic acids is 1. The van der Waals surface area contributed by atoms with Gasteiger partial charge in [-0.1, -0.05) is 36.3 Å². The van der Waals surface area contributed by atoms with E-state index in [0.717, 1.165) is 47.5 Å². The second-order valence-electron chi connectivity index (χ2n) is 11.2. The molecular formula is C30H30F2N4O4S2. The molecule has 1 N–H and O–H groups in total. The third-order valence-corrected chi connectivity index (χ3v) is 11.0. The van der Waals surface area contributed by atoms with Crippen molar-refractivity contribution in [3.8, 4) is 27.5 Å². The molecule has 3 aliphatic rings. The Balaban J connectivity index is 1.33. The van der Waals surface area contributed by atoms with Crippen LogP contribution in [0, 0.1) is 28.9 Å². The minimum Gasteiger partial charge on any atom is -0.428 e. The van der Waals surface area contributed by atoms with Crippen LogP contribution in [0.4, 0.5) is 14.5 Å². The number of halogens is 2. The Morgan fingerprint density at radius 1 is 1.10 bits per heavy atom. The largest absolute Gasteiger partial charge is 0.428 e. The van der Waals surface area contributed by atoms with Crippen LogP contribution in [0.3, 0.4) is 0 Å². The number of anilines is 1. The van der Waals surface area contributed by atoms with Crippen molar-refractivity contribution in [1.29, 1.82) is 5.26 Å². The molecule has 2 aromatic carbocycles. The summed E-state index contributed by atoms with van der Waals surface area (Å²) in [5.41, 5.74) is 1.65. The molecule has 2 atom stereocenters. The molecule has 1 amide bonds. The van der Waals surface area contributed by atoms with Crippen molar-refractivity contribution in [1.82, 2.24) is 10.3 Å². The van der Waals surface area contributed by atoms with E-state index >= 15 is 0 Å². The molecule has 0 spiro atoms. The van der Waals surface area contributed by atoms with Crippen molar-refractivity contribution in [3.05, 3.63) is 59.8 Å². The van der Waals surface area contributed by atoms with Crippen LogP contribution in [0.5, 0.6) is 10.9 Å². The van der Waals surface area contributed by atoms with Crippen LogP contribution in [0.2, 0.25) is 0 Å². The third kappa shape index (κ3) is 5.99. The summed E-state index contributed by atoms with van der Waals surface area (Å²) in [5, 5.41) is 12.7. The van der Waals surface area contributed by atoms with E-state index in [4.69, 9.17) is 9.72 Å². The fraction of sp³-hybridized carbons (Fsp3) is 0.433. The maximum absolute atomic E-state index is 14.4. The fourth-order valence-corrected chi connectivity index (χ4v) is 7.96. The van der Waals surface area contributed by atoms with E-state index in [9.17, 15) is 27.3 Å². The number of benzene rings is 2. The van der Waals surface area contributed by atoms with Gasteiger partial charge in [-0.2, -0.15) is 5.26 Å². The van der Waals surface area contributed by atoms with Crippen molar-refractivity contribution < 1.29 is 26.7 Å². The van der Waals surface area contributed by atoms with E-state index in [1.807, 2.05) is 29.2 Å². The summed E-state index contributed by atoms with van der Waals surface area (Å²) in [5.74, 6) is -2.24. The van der Waals surface area contributed by atoms with Gasteiger partial charge in [0.15, 0.2) is 21.4 Å². The molecule has 2 saturated carbocycles. The Kier molecular flexibility index (Phi) is 7.66. The van der Waals surface area contributed by atoms with Crippen LogP contribution in [0.25, 0.3) is 10.4 Å². The van der Waals surface area contributed by atoms with Crippen LogP contribution in [0.15, 0.2) is 42.5 Å². The maximum atomic E-state index is 14.4. The quantitative estimate of drug-likeness (QED) is 0.372. The first-order valence-electron chi connectivity index (χ1n) is 14.1. The van der Waals surface area contributed by atoms with E-state index in [0.29, 0.717) is 38.0 Å². The Labute approximate surface area is 247 Å². The number of hydrogen-bond acceptors (Lipinski definition) is 8. The first-order valence-corrected chi connectivity index (χ1v) is 16.7. The average molecular weight is 613 g/mol. The highest BCUT2D eigenvalue weighted by Gasteiger charge is 2.47. The highest BCUT2D eigenvalue weighted by Crippen LogP contribution is 2.47. The van der Waals surface area contributed by atoms with Gasteiger partial charge in [0, 0.05) is 36.7 Å². The number of amides is 1. The number of rotatable bonds is 7. The molecule has 1 aromatic heterocycles. The summed E-state index contributed by atoms with van der Waals surface area (Å²) in [4.78, 5) is 21.0. The molecule has 3 fully saturated rings. The van der Waals surface area contributed by atoms with Gasteiger partial charge in [-0.3, -0.25) is 4.79 Å². The molecule has 1 saturated heterocycles. The normalized spacial score (nSPS) is 22.6. The van der Waals surface area contributed by atoms with Crippen molar-refractivity contribution in [3.63, 3.8) is 0 Å². The summed E-state index contributed by atoms with van der Waals surface area (Å²) >= 11 is 1.23. The van der Waals surface area contributed by atoms with Gasteiger partial charge >= 0.3 is 0 Å². The van der Waals surface area contributed by atoms with Crippen LogP contribution in [-0.2, 0) is 14.6 Å². The van der Waals surface area contributed by atoms with E-state index in [1.54, 1.807) is 0 Å².